The number of aromatic nitrogens is 3. The van der Waals surface area contributed by atoms with Gasteiger partial charge in [-0.2, -0.15) is 5.10 Å². The van der Waals surface area contributed by atoms with Gasteiger partial charge in [-0.3, -0.25) is 9.89 Å². The zero-order valence-electron chi connectivity index (χ0n) is 12.9. The maximum atomic E-state index is 12.5. The van der Waals surface area contributed by atoms with Crippen LogP contribution >= 0.6 is 11.8 Å². The summed E-state index contributed by atoms with van der Waals surface area (Å²) in [7, 11) is 0. The van der Waals surface area contributed by atoms with Crippen molar-refractivity contribution < 1.29 is 4.79 Å². The van der Waals surface area contributed by atoms with Gasteiger partial charge in [0.1, 0.15) is 6.33 Å². The molecule has 7 heteroatoms. The number of carbonyl (C=O) groups is 1. The smallest absolute Gasteiger partial charge is 0.253 e. The summed E-state index contributed by atoms with van der Waals surface area (Å²) in [5, 5.41) is 7.44. The monoisotopic (exact) mass is 331 g/mol. The molecule has 1 aliphatic heterocycles. The molecule has 0 aliphatic carbocycles. The van der Waals surface area contributed by atoms with Crippen molar-refractivity contribution >= 4 is 17.7 Å². The van der Waals surface area contributed by atoms with E-state index in [-0.39, 0.29) is 5.91 Å². The number of benzene rings is 1. The molecule has 1 aromatic carbocycles. The van der Waals surface area contributed by atoms with Gasteiger partial charge in [0.15, 0.2) is 5.16 Å². The standard InChI is InChI=1S/C16H21N5OS/c17-9-12-5-7-21(8-6-12)15(22)14-3-1-13(2-4-14)10-23-16-18-11-19-20-16/h1-4,11-12H,5-10,17H2,(H,18,19,20). The number of amides is 1. The molecule has 0 spiro atoms. The molecule has 1 fully saturated rings. The molecule has 23 heavy (non-hydrogen) atoms. The Labute approximate surface area is 139 Å². The second-order valence-corrected chi connectivity index (χ2v) is 6.71. The predicted octanol–water partition coefficient (Wildman–Crippen LogP) is 1.91. The topological polar surface area (TPSA) is 87.9 Å². The summed E-state index contributed by atoms with van der Waals surface area (Å²) >= 11 is 1.59. The fourth-order valence-electron chi connectivity index (χ4n) is 2.71. The summed E-state index contributed by atoms with van der Waals surface area (Å²) in [6.45, 7) is 2.34. The van der Waals surface area contributed by atoms with E-state index in [1.165, 1.54) is 6.33 Å². The molecule has 0 radical (unpaired) electrons. The number of likely N-dealkylation sites (tertiary alicyclic amines) is 1. The number of rotatable bonds is 5. The van der Waals surface area contributed by atoms with Gasteiger partial charge in [-0.25, -0.2) is 4.98 Å². The second kappa shape index (κ2) is 7.61. The lowest BCUT2D eigenvalue weighted by Gasteiger charge is -2.31. The van der Waals surface area contributed by atoms with E-state index in [4.69, 9.17) is 5.73 Å². The predicted molar refractivity (Wildman–Crippen MR) is 90.1 cm³/mol. The fraction of sp³-hybridized carbons (Fsp3) is 0.438. The Morgan fingerprint density at radius 1 is 1.30 bits per heavy atom. The quantitative estimate of drug-likeness (QED) is 0.817. The summed E-state index contributed by atoms with van der Waals surface area (Å²) in [6, 6.07) is 7.83. The molecular formula is C16H21N5OS. The number of nitrogens with two attached hydrogens (primary N) is 1. The average molecular weight is 331 g/mol. The molecule has 1 saturated heterocycles. The Morgan fingerprint density at radius 3 is 2.65 bits per heavy atom. The van der Waals surface area contributed by atoms with Gasteiger partial charge in [0, 0.05) is 24.4 Å². The van der Waals surface area contributed by atoms with E-state index in [1.54, 1.807) is 11.8 Å². The Hall–Kier alpha value is -1.86. The molecule has 1 aliphatic rings. The number of hydrogen-bond acceptors (Lipinski definition) is 5. The molecule has 6 nitrogen and oxygen atoms in total. The first-order valence-corrected chi connectivity index (χ1v) is 8.81. The number of aromatic amines is 1. The third-order valence-electron chi connectivity index (χ3n) is 4.20. The van der Waals surface area contributed by atoms with E-state index in [1.807, 2.05) is 29.2 Å². The van der Waals surface area contributed by atoms with Gasteiger partial charge < -0.3 is 10.6 Å². The van der Waals surface area contributed by atoms with Crippen molar-refractivity contribution in [1.82, 2.24) is 20.1 Å². The van der Waals surface area contributed by atoms with Crippen molar-refractivity contribution in [1.29, 1.82) is 0 Å². The van der Waals surface area contributed by atoms with Crippen molar-refractivity contribution in [2.24, 2.45) is 11.7 Å². The van der Waals surface area contributed by atoms with E-state index in [2.05, 4.69) is 15.2 Å². The highest BCUT2D eigenvalue weighted by atomic mass is 32.2. The van der Waals surface area contributed by atoms with Crippen LogP contribution in [-0.4, -0.2) is 45.6 Å². The molecule has 0 saturated carbocycles. The number of hydrogen-bond donors (Lipinski definition) is 2. The fourth-order valence-corrected chi connectivity index (χ4v) is 3.45. The number of thioether (sulfide) groups is 1. The minimum Gasteiger partial charge on any atom is -0.339 e. The highest BCUT2D eigenvalue weighted by Crippen LogP contribution is 2.21. The van der Waals surface area contributed by atoms with Crippen molar-refractivity contribution in [3.63, 3.8) is 0 Å². The number of piperidine rings is 1. The Morgan fingerprint density at radius 2 is 2.04 bits per heavy atom. The third kappa shape index (κ3) is 4.11. The van der Waals surface area contributed by atoms with Crippen LogP contribution in [0.1, 0.15) is 28.8 Å². The Kier molecular flexibility index (Phi) is 5.30. The highest BCUT2D eigenvalue weighted by molar-refractivity contribution is 7.98. The first kappa shape index (κ1) is 16.0. The molecule has 1 amide bonds. The zero-order valence-corrected chi connectivity index (χ0v) is 13.8. The molecule has 122 valence electrons. The summed E-state index contributed by atoms with van der Waals surface area (Å²) in [4.78, 5) is 18.5. The molecule has 0 unspecified atom stereocenters. The molecule has 3 N–H and O–H groups in total. The van der Waals surface area contributed by atoms with Gasteiger partial charge in [0.05, 0.1) is 0 Å². The summed E-state index contributed by atoms with van der Waals surface area (Å²) in [6.07, 6.45) is 3.51. The first-order chi connectivity index (χ1) is 11.3. The SMILES string of the molecule is NCC1CCN(C(=O)c2ccc(CSc3ncn[nH]3)cc2)CC1. The van der Waals surface area contributed by atoms with E-state index >= 15 is 0 Å². The van der Waals surface area contributed by atoms with E-state index in [9.17, 15) is 4.79 Å². The molecule has 3 rings (SSSR count). The highest BCUT2D eigenvalue weighted by Gasteiger charge is 2.22. The van der Waals surface area contributed by atoms with Gasteiger partial charge in [0.2, 0.25) is 0 Å². The lowest BCUT2D eigenvalue weighted by Crippen LogP contribution is -2.40. The van der Waals surface area contributed by atoms with Crippen LogP contribution in [0.15, 0.2) is 35.7 Å². The van der Waals surface area contributed by atoms with Crippen molar-refractivity contribution in [2.75, 3.05) is 19.6 Å². The Balaban J connectivity index is 1.55. The molecule has 1 aromatic heterocycles. The van der Waals surface area contributed by atoms with Crippen molar-refractivity contribution in [2.45, 2.75) is 23.8 Å². The van der Waals surface area contributed by atoms with Gasteiger partial charge in [-0.15, -0.1) is 0 Å². The lowest BCUT2D eigenvalue weighted by atomic mass is 9.96. The molecule has 2 heterocycles. The van der Waals surface area contributed by atoms with Gasteiger partial charge in [-0.05, 0) is 43.0 Å². The number of H-pyrrole nitrogens is 1. The van der Waals surface area contributed by atoms with Gasteiger partial charge in [-0.1, -0.05) is 23.9 Å². The normalized spacial score (nSPS) is 15.8. The Bertz CT molecular complexity index is 620. The number of carbonyl (C=O) groups excluding carboxylic acids is 1. The van der Waals surface area contributed by atoms with Crippen LogP contribution in [0.5, 0.6) is 0 Å². The zero-order chi connectivity index (χ0) is 16.1. The molecule has 0 bridgehead atoms. The average Bonchev–Trinajstić information content (AvgIpc) is 3.13. The van der Waals surface area contributed by atoms with Crippen molar-refractivity contribution in [3.8, 4) is 0 Å². The maximum absolute atomic E-state index is 12.5. The third-order valence-corrected chi connectivity index (χ3v) is 5.15. The molecule has 2 aromatic rings. The van der Waals surface area contributed by atoms with Crippen LogP contribution in [0.2, 0.25) is 0 Å². The van der Waals surface area contributed by atoms with Crippen LogP contribution in [0.4, 0.5) is 0 Å². The summed E-state index contributed by atoms with van der Waals surface area (Å²) < 4.78 is 0. The van der Waals surface area contributed by atoms with Gasteiger partial charge in [0.25, 0.3) is 5.91 Å². The van der Waals surface area contributed by atoms with Crippen LogP contribution in [0, 0.1) is 5.92 Å². The lowest BCUT2D eigenvalue weighted by molar-refractivity contribution is 0.0693. The minimum absolute atomic E-state index is 0.120. The van der Waals surface area contributed by atoms with Crippen LogP contribution in [0.3, 0.4) is 0 Å². The summed E-state index contributed by atoms with van der Waals surface area (Å²) in [5.74, 6) is 1.48. The van der Waals surface area contributed by atoms with Crippen LogP contribution in [-0.2, 0) is 5.75 Å². The van der Waals surface area contributed by atoms with Crippen molar-refractivity contribution in [3.05, 3.63) is 41.7 Å². The molecule has 0 atom stereocenters. The van der Waals surface area contributed by atoms with E-state index in [0.29, 0.717) is 5.92 Å². The second-order valence-electron chi connectivity index (χ2n) is 5.75. The minimum atomic E-state index is 0.120. The largest absolute Gasteiger partial charge is 0.339 e. The van der Waals surface area contributed by atoms with E-state index < -0.39 is 0 Å². The number of nitrogens with one attached hydrogen (secondary N) is 1. The van der Waals surface area contributed by atoms with Crippen LogP contribution < -0.4 is 5.73 Å². The summed E-state index contributed by atoms with van der Waals surface area (Å²) in [5.41, 5.74) is 7.61. The van der Waals surface area contributed by atoms with E-state index in [0.717, 1.165) is 54.5 Å². The van der Waals surface area contributed by atoms with Gasteiger partial charge >= 0.3 is 0 Å². The van der Waals surface area contributed by atoms with Crippen LogP contribution in [0.25, 0.3) is 0 Å². The number of nitrogens with zero attached hydrogens (tertiary/aromatic N) is 3. The first-order valence-electron chi connectivity index (χ1n) is 7.82. The maximum Gasteiger partial charge on any atom is 0.253 e. The molecular weight excluding hydrogens is 310 g/mol.